The molecule has 0 aliphatic rings. The summed E-state index contributed by atoms with van der Waals surface area (Å²) in [6, 6.07) is 0. The molecule has 0 saturated heterocycles. The number of aliphatic carboxylic acids is 1. The minimum absolute atomic E-state index is 0.300. The molecule has 2 unspecified atom stereocenters. The van der Waals surface area contributed by atoms with Crippen molar-refractivity contribution in [3.8, 4) is 0 Å². The van der Waals surface area contributed by atoms with Gasteiger partial charge in [0.05, 0.1) is 18.3 Å². The average Bonchev–Trinajstić information content (AvgIpc) is 2.21. The van der Waals surface area contributed by atoms with Gasteiger partial charge in [-0.2, -0.15) is 33.7 Å². The van der Waals surface area contributed by atoms with Crippen LogP contribution in [0.1, 0.15) is 6.42 Å². The number of carbonyl (C=O) groups is 1. The van der Waals surface area contributed by atoms with Crippen molar-refractivity contribution in [1.29, 1.82) is 0 Å². The third-order valence-corrected chi connectivity index (χ3v) is 3.20. The van der Waals surface area contributed by atoms with E-state index in [1.54, 1.807) is 0 Å². The van der Waals surface area contributed by atoms with Gasteiger partial charge < -0.3 is 15.3 Å². The summed E-state index contributed by atoms with van der Waals surface area (Å²) in [5.74, 6) is -6.93. The predicted molar refractivity (Wildman–Crippen MR) is 52.6 cm³/mol. The van der Waals surface area contributed by atoms with E-state index in [1.165, 1.54) is 0 Å². The summed E-state index contributed by atoms with van der Waals surface area (Å²) in [5.41, 5.74) is 0. The van der Waals surface area contributed by atoms with Gasteiger partial charge in [0.2, 0.25) is 0 Å². The molecule has 0 spiro atoms. The first-order chi connectivity index (χ1) is 8.04. The number of rotatable bonds is 7. The molecule has 0 aliphatic carbocycles. The van der Waals surface area contributed by atoms with Gasteiger partial charge in [-0.15, -0.1) is 0 Å². The van der Waals surface area contributed by atoms with E-state index in [1.807, 2.05) is 0 Å². The number of aliphatic hydroxyl groups excluding tert-OH is 2. The number of carboxylic acid groups (broad SMARTS) is 1. The van der Waals surface area contributed by atoms with Crippen molar-refractivity contribution >= 4 is 17.7 Å². The van der Waals surface area contributed by atoms with Gasteiger partial charge >= 0.3 is 18.1 Å². The van der Waals surface area contributed by atoms with E-state index < -0.39 is 42.4 Å². The van der Waals surface area contributed by atoms with Crippen LogP contribution in [0.4, 0.5) is 22.0 Å². The Hall–Kier alpha value is -0.610. The maximum Gasteiger partial charge on any atom is 0.456 e. The van der Waals surface area contributed by atoms with Crippen LogP contribution >= 0.6 is 11.8 Å². The molecule has 0 aromatic carbocycles. The zero-order chi connectivity index (χ0) is 14.6. The van der Waals surface area contributed by atoms with Crippen molar-refractivity contribution < 1.29 is 42.1 Å². The Labute approximate surface area is 103 Å². The molecule has 2 atom stereocenters. The number of alkyl halides is 5. The van der Waals surface area contributed by atoms with Gasteiger partial charge in [0.1, 0.15) is 6.10 Å². The summed E-state index contributed by atoms with van der Waals surface area (Å²) < 4.78 is 61.3. The number of halogens is 5. The van der Waals surface area contributed by atoms with Crippen molar-refractivity contribution in [2.75, 3.05) is 12.4 Å². The molecule has 0 rings (SSSR count). The lowest BCUT2D eigenvalue weighted by Crippen LogP contribution is -2.52. The molecule has 10 heteroatoms. The minimum atomic E-state index is -5.94. The molecule has 0 aromatic heterocycles. The molecule has 0 radical (unpaired) electrons. The summed E-state index contributed by atoms with van der Waals surface area (Å²) in [6.45, 7) is -1.13. The lowest BCUT2D eigenvalue weighted by Gasteiger charge is -2.29. The summed E-state index contributed by atoms with van der Waals surface area (Å²) in [5, 5.41) is 24.0. The largest absolute Gasteiger partial charge is 0.481 e. The summed E-state index contributed by atoms with van der Waals surface area (Å²) >= 11 is 0.340. The minimum Gasteiger partial charge on any atom is -0.481 e. The first-order valence-electron chi connectivity index (χ1n) is 4.61. The number of hydrogen-bond donors (Lipinski definition) is 3. The van der Waals surface area contributed by atoms with E-state index in [2.05, 4.69) is 0 Å². The fraction of sp³-hybridized carbons (Fsp3) is 0.875. The Kier molecular flexibility index (Phi) is 6.30. The van der Waals surface area contributed by atoms with Crippen LogP contribution in [0.15, 0.2) is 0 Å². The van der Waals surface area contributed by atoms with E-state index in [-0.39, 0.29) is 5.75 Å². The highest BCUT2D eigenvalue weighted by molar-refractivity contribution is 8.00. The molecule has 0 aliphatic heterocycles. The van der Waals surface area contributed by atoms with E-state index in [0.717, 1.165) is 0 Å². The highest BCUT2D eigenvalue weighted by Crippen LogP contribution is 2.41. The topological polar surface area (TPSA) is 77.8 Å². The molecule has 0 amide bonds. The molecule has 18 heavy (non-hydrogen) atoms. The zero-order valence-electron chi connectivity index (χ0n) is 8.82. The van der Waals surface area contributed by atoms with Crippen molar-refractivity contribution in [1.82, 2.24) is 0 Å². The second-order valence-electron chi connectivity index (χ2n) is 3.30. The predicted octanol–water partition coefficient (Wildman–Crippen LogP) is 1.11. The van der Waals surface area contributed by atoms with E-state index >= 15 is 0 Å². The molecule has 0 bridgehead atoms. The molecule has 108 valence electrons. The SMILES string of the molecule is O=C(O)CCSC(CO)C(O)C(F)(F)C(F)(F)F. The van der Waals surface area contributed by atoms with Gasteiger partial charge in [0.15, 0.2) is 0 Å². The summed E-state index contributed by atoms with van der Waals surface area (Å²) in [7, 11) is 0. The standard InChI is InChI=1S/C8H11F5O4S/c9-7(10,8(11,12)13)6(17)4(3-14)18-2-1-5(15)16/h4,6,14,17H,1-3H2,(H,15,16). The van der Waals surface area contributed by atoms with Crippen molar-refractivity contribution in [3.63, 3.8) is 0 Å². The van der Waals surface area contributed by atoms with Gasteiger partial charge in [0, 0.05) is 5.75 Å². The number of aliphatic hydroxyl groups is 2. The molecule has 0 heterocycles. The smallest absolute Gasteiger partial charge is 0.456 e. The van der Waals surface area contributed by atoms with Crippen LogP contribution in [0, 0.1) is 0 Å². The quantitative estimate of drug-likeness (QED) is 0.614. The Bertz CT molecular complexity index is 283. The van der Waals surface area contributed by atoms with Crippen LogP contribution in [-0.4, -0.2) is 57.1 Å². The highest BCUT2D eigenvalue weighted by Gasteiger charge is 2.63. The van der Waals surface area contributed by atoms with Gasteiger partial charge in [0.25, 0.3) is 0 Å². The summed E-state index contributed by atoms with van der Waals surface area (Å²) in [4.78, 5) is 10.1. The second-order valence-corrected chi connectivity index (χ2v) is 4.65. The Morgan fingerprint density at radius 1 is 1.22 bits per heavy atom. The van der Waals surface area contributed by atoms with Crippen molar-refractivity contribution in [3.05, 3.63) is 0 Å². The molecule has 0 saturated carbocycles. The number of carboxylic acids is 1. The molecular weight excluding hydrogens is 287 g/mol. The zero-order valence-corrected chi connectivity index (χ0v) is 9.64. The first-order valence-corrected chi connectivity index (χ1v) is 5.65. The highest BCUT2D eigenvalue weighted by atomic mass is 32.2. The van der Waals surface area contributed by atoms with Gasteiger partial charge in [-0.1, -0.05) is 0 Å². The molecule has 3 N–H and O–H groups in total. The fourth-order valence-electron chi connectivity index (χ4n) is 0.942. The van der Waals surface area contributed by atoms with Crippen LogP contribution in [-0.2, 0) is 4.79 Å². The maximum atomic E-state index is 12.7. The van der Waals surface area contributed by atoms with Crippen LogP contribution in [0.2, 0.25) is 0 Å². The normalized spacial score (nSPS) is 16.4. The first kappa shape index (κ1) is 17.4. The Morgan fingerprint density at radius 2 is 1.72 bits per heavy atom. The van der Waals surface area contributed by atoms with Crippen LogP contribution in [0.5, 0.6) is 0 Å². The van der Waals surface area contributed by atoms with Crippen molar-refractivity contribution in [2.24, 2.45) is 0 Å². The monoisotopic (exact) mass is 298 g/mol. The lowest BCUT2D eigenvalue weighted by atomic mass is 10.1. The maximum absolute atomic E-state index is 12.7. The molecule has 4 nitrogen and oxygen atoms in total. The van der Waals surface area contributed by atoms with Crippen LogP contribution < -0.4 is 0 Å². The molecule has 0 fully saturated rings. The van der Waals surface area contributed by atoms with Gasteiger partial charge in [-0.05, 0) is 0 Å². The molecule has 0 aromatic rings. The van der Waals surface area contributed by atoms with E-state index in [4.69, 9.17) is 15.3 Å². The number of thioether (sulfide) groups is 1. The fourth-order valence-corrected chi connectivity index (χ4v) is 2.00. The molecular formula is C8H11F5O4S. The second kappa shape index (κ2) is 6.53. The Balaban J connectivity index is 4.60. The summed E-state index contributed by atoms with van der Waals surface area (Å²) in [6.07, 6.45) is -9.56. The van der Waals surface area contributed by atoms with Crippen LogP contribution in [0.3, 0.4) is 0 Å². The Morgan fingerprint density at radius 3 is 2.06 bits per heavy atom. The van der Waals surface area contributed by atoms with Gasteiger partial charge in [-0.3, -0.25) is 4.79 Å². The van der Waals surface area contributed by atoms with E-state index in [9.17, 15) is 26.7 Å². The van der Waals surface area contributed by atoms with Crippen molar-refractivity contribution in [2.45, 2.75) is 29.9 Å². The average molecular weight is 298 g/mol. The van der Waals surface area contributed by atoms with E-state index in [0.29, 0.717) is 11.8 Å². The number of hydrogen-bond acceptors (Lipinski definition) is 4. The van der Waals surface area contributed by atoms with Gasteiger partial charge in [-0.25, -0.2) is 0 Å². The third kappa shape index (κ3) is 4.58. The lowest BCUT2D eigenvalue weighted by molar-refractivity contribution is -0.313. The van der Waals surface area contributed by atoms with Crippen LogP contribution in [0.25, 0.3) is 0 Å². The third-order valence-electron chi connectivity index (χ3n) is 1.93.